The number of amides is 1. The topological polar surface area (TPSA) is 63.2 Å². The van der Waals surface area contributed by atoms with Crippen molar-refractivity contribution in [3.63, 3.8) is 0 Å². The van der Waals surface area contributed by atoms with Gasteiger partial charge in [-0.2, -0.15) is 0 Å². The molecule has 2 atom stereocenters. The molecule has 2 aliphatic rings. The van der Waals surface area contributed by atoms with Crippen molar-refractivity contribution in [2.24, 2.45) is 5.41 Å². The molecular formula is C17H23NO3S. The number of benzene rings is 1. The van der Waals surface area contributed by atoms with Gasteiger partial charge in [0.05, 0.1) is 11.8 Å². The van der Waals surface area contributed by atoms with E-state index in [1.54, 1.807) is 0 Å². The average Bonchev–Trinajstić information content (AvgIpc) is 3.06. The Morgan fingerprint density at radius 2 is 1.91 bits per heavy atom. The number of carbonyl (C=O) groups is 1. The van der Waals surface area contributed by atoms with Gasteiger partial charge in [-0.25, -0.2) is 8.42 Å². The summed E-state index contributed by atoms with van der Waals surface area (Å²) < 4.78 is 23.0. The van der Waals surface area contributed by atoms with E-state index >= 15 is 0 Å². The van der Waals surface area contributed by atoms with Gasteiger partial charge in [0.15, 0.2) is 0 Å². The molecule has 0 aliphatic heterocycles. The zero-order valence-electron chi connectivity index (χ0n) is 13.1. The fraction of sp³-hybridized carbons (Fsp3) is 0.588. The van der Waals surface area contributed by atoms with E-state index in [0.717, 1.165) is 19.3 Å². The number of rotatable bonds is 5. The van der Waals surface area contributed by atoms with E-state index in [1.807, 2.05) is 12.1 Å². The fourth-order valence-electron chi connectivity index (χ4n) is 3.71. The third kappa shape index (κ3) is 3.35. The normalized spacial score (nSPS) is 25.5. The second-order valence-electron chi connectivity index (χ2n) is 7.13. The lowest BCUT2D eigenvalue weighted by Crippen LogP contribution is -2.31. The first kappa shape index (κ1) is 15.5. The standard InChI is InChI=1S/C17H23NO3S/c1-12-9-15(14-6-4-3-5-13(12)14)18-16(19)10-17(7-8-17)11-22(2,20)21/h3-6,12,15H,7-11H2,1-2H3,(H,18,19)/t12-,15-/m0/s1. The Kier molecular flexibility index (Phi) is 3.79. The van der Waals surface area contributed by atoms with Crippen molar-refractivity contribution in [3.8, 4) is 0 Å². The first-order valence-corrected chi connectivity index (χ1v) is 9.90. The molecule has 120 valence electrons. The Labute approximate surface area is 132 Å². The summed E-state index contributed by atoms with van der Waals surface area (Å²) in [5.41, 5.74) is 2.21. The molecule has 0 saturated heterocycles. The minimum absolute atomic E-state index is 0.0185. The Hall–Kier alpha value is -1.36. The lowest BCUT2D eigenvalue weighted by atomic mass is 10.0. The molecule has 1 saturated carbocycles. The van der Waals surface area contributed by atoms with Gasteiger partial charge in [-0.05, 0) is 41.7 Å². The summed E-state index contributed by atoms with van der Waals surface area (Å²) in [6, 6.07) is 8.30. The lowest BCUT2D eigenvalue weighted by Gasteiger charge is -2.18. The monoisotopic (exact) mass is 321 g/mol. The van der Waals surface area contributed by atoms with Crippen molar-refractivity contribution in [2.45, 2.75) is 44.6 Å². The van der Waals surface area contributed by atoms with Crippen molar-refractivity contribution in [1.82, 2.24) is 5.32 Å². The average molecular weight is 321 g/mol. The number of sulfone groups is 1. The van der Waals surface area contributed by atoms with Crippen LogP contribution < -0.4 is 5.32 Å². The van der Waals surface area contributed by atoms with Gasteiger partial charge < -0.3 is 5.32 Å². The number of hydrogen-bond acceptors (Lipinski definition) is 3. The molecule has 4 nitrogen and oxygen atoms in total. The van der Waals surface area contributed by atoms with Crippen molar-refractivity contribution in [2.75, 3.05) is 12.0 Å². The van der Waals surface area contributed by atoms with Gasteiger partial charge in [-0.3, -0.25) is 4.79 Å². The number of fused-ring (bicyclic) bond motifs is 1. The Bertz CT molecular complexity index is 692. The minimum Gasteiger partial charge on any atom is -0.349 e. The molecule has 1 N–H and O–H groups in total. The Morgan fingerprint density at radius 1 is 1.27 bits per heavy atom. The maximum Gasteiger partial charge on any atom is 0.221 e. The van der Waals surface area contributed by atoms with Crippen LogP contribution >= 0.6 is 0 Å². The van der Waals surface area contributed by atoms with Gasteiger partial charge in [0.1, 0.15) is 9.84 Å². The summed E-state index contributed by atoms with van der Waals surface area (Å²) in [6.07, 6.45) is 4.17. The first-order chi connectivity index (χ1) is 10.3. The van der Waals surface area contributed by atoms with Crippen LogP contribution in [0.2, 0.25) is 0 Å². The van der Waals surface area contributed by atoms with Crippen molar-refractivity contribution in [3.05, 3.63) is 35.4 Å². The van der Waals surface area contributed by atoms with E-state index in [2.05, 4.69) is 24.4 Å². The van der Waals surface area contributed by atoms with E-state index in [-0.39, 0.29) is 23.1 Å². The highest BCUT2D eigenvalue weighted by Crippen LogP contribution is 2.50. The van der Waals surface area contributed by atoms with Crippen LogP contribution in [0, 0.1) is 5.41 Å². The summed E-state index contributed by atoms with van der Waals surface area (Å²) in [7, 11) is -3.03. The summed E-state index contributed by atoms with van der Waals surface area (Å²) >= 11 is 0. The highest BCUT2D eigenvalue weighted by Gasteiger charge is 2.47. The fourth-order valence-corrected chi connectivity index (χ4v) is 5.22. The second-order valence-corrected chi connectivity index (χ2v) is 9.27. The predicted octanol–water partition coefficient (Wildman–Crippen LogP) is 2.57. The van der Waals surface area contributed by atoms with Crippen LogP contribution in [0.25, 0.3) is 0 Å². The van der Waals surface area contributed by atoms with Crippen LogP contribution in [-0.4, -0.2) is 26.3 Å². The van der Waals surface area contributed by atoms with E-state index in [0.29, 0.717) is 12.3 Å². The molecule has 0 spiro atoms. The van der Waals surface area contributed by atoms with E-state index < -0.39 is 9.84 Å². The van der Waals surface area contributed by atoms with E-state index in [9.17, 15) is 13.2 Å². The molecule has 0 heterocycles. The third-order valence-electron chi connectivity index (χ3n) is 4.89. The Morgan fingerprint density at radius 3 is 2.50 bits per heavy atom. The zero-order chi connectivity index (χ0) is 16.0. The predicted molar refractivity (Wildman–Crippen MR) is 86.4 cm³/mol. The van der Waals surface area contributed by atoms with Gasteiger partial charge in [0, 0.05) is 12.7 Å². The van der Waals surface area contributed by atoms with Crippen LogP contribution in [0.4, 0.5) is 0 Å². The van der Waals surface area contributed by atoms with Crippen LogP contribution in [0.3, 0.4) is 0 Å². The van der Waals surface area contributed by atoms with Crippen molar-refractivity contribution in [1.29, 1.82) is 0 Å². The highest BCUT2D eigenvalue weighted by atomic mass is 32.2. The van der Waals surface area contributed by atoms with Crippen LogP contribution in [0.15, 0.2) is 24.3 Å². The van der Waals surface area contributed by atoms with Gasteiger partial charge in [0.25, 0.3) is 0 Å². The molecule has 1 aromatic carbocycles. The summed E-state index contributed by atoms with van der Waals surface area (Å²) in [5.74, 6) is 0.563. The maximum absolute atomic E-state index is 12.4. The molecule has 1 fully saturated rings. The molecule has 0 bridgehead atoms. The van der Waals surface area contributed by atoms with Crippen LogP contribution in [-0.2, 0) is 14.6 Å². The summed E-state index contributed by atoms with van der Waals surface area (Å²) in [4.78, 5) is 12.4. The van der Waals surface area contributed by atoms with Gasteiger partial charge >= 0.3 is 0 Å². The van der Waals surface area contributed by atoms with Crippen molar-refractivity contribution >= 4 is 15.7 Å². The third-order valence-corrected chi connectivity index (χ3v) is 6.02. The van der Waals surface area contributed by atoms with Gasteiger partial charge in [0.2, 0.25) is 5.91 Å². The molecule has 3 rings (SSSR count). The highest BCUT2D eigenvalue weighted by molar-refractivity contribution is 7.90. The zero-order valence-corrected chi connectivity index (χ0v) is 13.9. The van der Waals surface area contributed by atoms with E-state index in [1.165, 1.54) is 17.4 Å². The summed E-state index contributed by atoms with van der Waals surface area (Å²) in [5, 5.41) is 3.11. The SMILES string of the molecule is C[C@H]1C[C@H](NC(=O)CC2(CS(C)(=O)=O)CC2)c2ccccc21. The molecule has 0 radical (unpaired) electrons. The lowest BCUT2D eigenvalue weighted by molar-refractivity contribution is -0.122. The molecular weight excluding hydrogens is 298 g/mol. The van der Waals surface area contributed by atoms with Gasteiger partial charge in [-0.15, -0.1) is 0 Å². The minimum atomic E-state index is -3.03. The summed E-state index contributed by atoms with van der Waals surface area (Å²) in [6.45, 7) is 2.18. The largest absolute Gasteiger partial charge is 0.349 e. The van der Waals surface area contributed by atoms with Crippen LogP contribution in [0.1, 0.15) is 55.7 Å². The second kappa shape index (κ2) is 5.37. The van der Waals surface area contributed by atoms with Gasteiger partial charge in [-0.1, -0.05) is 31.2 Å². The first-order valence-electron chi connectivity index (χ1n) is 7.84. The quantitative estimate of drug-likeness (QED) is 0.906. The molecule has 5 heteroatoms. The molecule has 0 unspecified atom stereocenters. The van der Waals surface area contributed by atoms with E-state index in [4.69, 9.17) is 0 Å². The number of hydrogen-bond donors (Lipinski definition) is 1. The molecule has 22 heavy (non-hydrogen) atoms. The number of nitrogens with one attached hydrogen (secondary N) is 1. The Balaban J connectivity index is 1.64. The maximum atomic E-state index is 12.4. The number of carbonyl (C=O) groups excluding carboxylic acids is 1. The van der Waals surface area contributed by atoms with Crippen LogP contribution in [0.5, 0.6) is 0 Å². The molecule has 1 aromatic rings. The van der Waals surface area contributed by atoms with Crippen molar-refractivity contribution < 1.29 is 13.2 Å². The molecule has 1 amide bonds. The molecule has 0 aromatic heterocycles. The molecule has 2 aliphatic carbocycles. The smallest absolute Gasteiger partial charge is 0.221 e.